The first-order chi connectivity index (χ1) is 14.5. The second-order valence-corrected chi connectivity index (χ2v) is 10.4. The molecule has 2 saturated heterocycles. The van der Waals surface area contributed by atoms with Gasteiger partial charge < -0.3 is 9.64 Å². The Labute approximate surface area is 180 Å². The van der Waals surface area contributed by atoms with Crippen LogP contribution in [0.4, 0.5) is 0 Å². The smallest absolute Gasteiger partial charge is 0.243 e. The summed E-state index contributed by atoms with van der Waals surface area (Å²) in [6.45, 7) is 5.60. The van der Waals surface area contributed by atoms with Crippen LogP contribution in [0.25, 0.3) is 11.1 Å². The third-order valence-electron chi connectivity index (χ3n) is 6.60. The molecule has 30 heavy (non-hydrogen) atoms. The van der Waals surface area contributed by atoms with E-state index in [0.29, 0.717) is 24.0 Å². The van der Waals surface area contributed by atoms with Gasteiger partial charge in [-0.15, -0.1) is 0 Å². The molecule has 0 bridgehead atoms. The SMILES string of the molecule is CO[C@@H]1CCN(S(=O)(=O)c2ccc(-c3ccc(CCN4CCC[C@H]4C)cc3)cc2)C1. The van der Waals surface area contributed by atoms with Crippen molar-refractivity contribution in [2.75, 3.05) is 33.3 Å². The second-order valence-electron chi connectivity index (χ2n) is 8.51. The van der Waals surface area contributed by atoms with Gasteiger partial charge in [-0.25, -0.2) is 8.42 Å². The zero-order chi connectivity index (χ0) is 21.1. The maximum absolute atomic E-state index is 12.9. The molecule has 0 N–H and O–H groups in total. The van der Waals surface area contributed by atoms with Crippen LogP contribution in [0.3, 0.4) is 0 Å². The molecule has 5 nitrogen and oxygen atoms in total. The van der Waals surface area contributed by atoms with E-state index in [-0.39, 0.29) is 6.10 Å². The molecule has 0 amide bonds. The van der Waals surface area contributed by atoms with Crippen LogP contribution in [0.5, 0.6) is 0 Å². The van der Waals surface area contributed by atoms with Crippen LogP contribution in [-0.4, -0.2) is 63.1 Å². The van der Waals surface area contributed by atoms with Crippen molar-refractivity contribution in [2.24, 2.45) is 0 Å². The highest BCUT2D eigenvalue weighted by molar-refractivity contribution is 7.89. The Morgan fingerprint density at radius 3 is 2.20 bits per heavy atom. The van der Waals surface area contributed by atoms with E-state index >= 15 is 0 Å². The van der Waals surface area contributed by atoms with E-state index in [1.807, 2.05) is 12.1 Å². The van der Waals surface area contributed by atoms with Crippen LogP contribution in [0.1, 0.15) is 31.7 Å². The Kier molecular flexibility index (Phi) is 6.58. The lowest BCUT2D eigenvalue weighted by Crippen LogP contribution is -2.30. The molecule has 2 atom stereocenters. The summed E-state index contributed by atoms with van der Waals surface area (Å²) in [6.07, 6.45) is 4.44. The van der Waals surface area contributed by atoms with E-state index < -0.39 is 10.0 Å². The summed E-state index contributed by atoms with van der Waals surface area (Å²) in [4.78, 5) is 2.92. The average molecular weight is 429 g/mol. The van der Waals surface area contributed by atoms with Gasteiger partial charge in [-0.1, -0.05) is 36.4 Å². The fraction of sp³-hybridized carbons (Fsp3) is 0.500. The Morgan fingerprint density at radius 1 is 0.967 bits per heavy atom. The average Bonchev–Trinajstić information content (AvgIpc) is 3.42. The third kappa shape index (κ3) is 4.62. The molecule has 2 heterocycles. The summed E-state index contributed by atoms with van der Waals surface area (Å²) in [5.74, 6) is 0. The minimum atomic E-state index is -3.46. The Morgan fingerprint density at radius 2 is 1.63 bits per heavy atom. The van der Waals surface area contributed by atoms with Crippen molar-refractivity contribution in [2.45, 2.75) is 49.6 Å². The lowest BCUT2D eigenvalue weighted by Gasteiger charge is -2.20. The maximum Gasteiger partial charge on any atom is 0.243 e. The van der Waals surface area contributed by atoms with E-state index in [9.17, 15) is 8.42 Å². The molecular formula is C24H32N2O3S. The van der Waals surface area contributed by atoms with Crippen molar-refractivity contribution < 1.29 is 13.2 Å². The van der Waals surface area contributed by atoms with Gasteiger partial charge in [-0.3, -0.25) is 0 Å². The number of nitrogens with zero attached hydrogens (tertiary/aromatic N) is 2. The molecule has 0 radical (unpaired) electrons. The van der Waals surface area contributed by atoms with Gasteiger partial charge in [0, 0.05) is 32.8 Å². The fourth-order valence-electron chi connectivity index (χ4n) is 4.54. The van der Waals surface area contributed by atoms with Gasteiger partial charge in [0.15, 0.2) is 0 Å². The predicted octanol–water partition coefficient (Wildman–Crippen LogP) is 3.79. The number of sulfonamides is 1. The molecule has 2 aromatic carbocycles. The lowest BCUT2D eigenvalue weighted by molar-refractivity contribution is 0.115. The zero-order valence-corrected chi connectivity index (χ0v) is 18.8. The standard InChI is InChI=1S/C24H32N2O3S/c1-19-4-3-15-25(19)16-13-20-5-7-21(8-6-20)22-9-11-24(12-10-22)30(27,28)26-17-14-23(18-26)29-2/h5-12,19,23H,3-4,13-18H2,1-2H3/t19-,23-/m1/s1. The first-order valence-electron chi connectivity index (χ1n) is 10.9. The van der Waals surface area contributed by atoms with Crippen LogP contribution < -0.4 is 0 Å². The van der Waals surface area contributed by atoms with Crippen LogP contribution in [-0.2, 0) is 21.2 Å². The summed E-state index contributed by atoms with van der Waals surface area (Å²) in [5, 5.41) is 0. The summed E-state index contributed by atoms with van der Waals surface area (Å²) in [5.41, 5.74) is 3.49. The van der Waals surface area contributed by atoms with Crippen molar-refractivity contribution >= 4 is 10.0 Å². The van der Waals surface area contributed by atoms with Crippen LogP contribution in [0.2, 0.25) is 0 Å². The third-order valence-corrected chi connectivity index (χ3v) is 8.48. The quantitative estimate of drug-likeness (QED) is 0.673. The Hall–Kier alpha value is -1.73. The van der Waals surface area contributed by atoms with Crippen molar-refractivity contribution in [3.05, 3.63) is 54.1 Å². The van der Waals surface area contributed by atoms with Gasteiger partial charge in [0.2, 0.25) is 10.0 Å². The summed E-state index contributed by atoms with van der Waals surface area (Å²) < 4.78 is 32.5. The van der Waals surface area contributed by atoms with Gasteiger partial charge in [-0.2, -0.15) is 4.31 Å². The highest BCUT2D eigenvalue weighted by atomic mass is 32.2. The Balaban J connectivity index is 1.40. The van der Waals surface area contributed by atoms with Gasteiger partial charge in [0.05, 0.1) is 11.0 Å². The molecule has 4 rings (SSSR count). The Bertz CT molecular complexity index is 941. The zero-order valence-electron chi connectivity index (χ0n) is 18.0. The molecule has 2 aliphatic heterocycles. The molecule has 2 fully saturated rings. The second kappa shape index (κ2) is 9.18. The van der Waals surface area contributed by atoms with Crippen molar-refractivity contribution in [3.63, 3.8) is 0 Å². The molecule has 0 spiro atoms. The largest absolute Gasteiger partial charge is 0.380 e. The molecule has 2 aromatic rings. The van der Waals surface area contributed by atoms with E-state index in [4.69, 9.17) is 4.74 Å². The molecular weight excluding hydrogens is 396 g/mol. The number of methoxy groups -OCH3 is 1. The fourth-order valence-corrected chi connectivity index (χ4v) is 6.02. The van der Waals surface area contributed by atoms with Gasteiger partial charge >= 0.3 is 0 Å². The summed E-state index contributed by atoms with van der Waals surface area (Å²) in [6, 6.07) is 16.6. The molecule has 0 aromatic heterocycles. The van der Waals surface area contributed by atoms with Gasteiger partial charge in [0.1, 0.15) is 0 Å². The van der Waals surface area contributed by atoms with Crippen LogP contribution in [0, 0.1) is 0 Å². The number of likely N-dealkylation sites (tertiary alicyclic amines) is 1. The predicted molar refractivity (Wildman–Crippen MR) is 120 cm³/mol. The molecule has 0 unspecified atom stereocenters. The molecule has 2 aliphatic rings. The molecule has 0 saturated carbocycles. The highest BCUT2D eigenvalue weighted by Crippen LogP contribution is 2.26. The van der Waals surface area contributed by atoms with Gasteiger partial charge in [-0.05, 0) is 68.0 Å². The van der Waals surface area contributed by atoms with Gasteiger partial charge in [0.25, 0.3) is 0 Å². The van der Waals surface area contributed by atoms with Crippen LogP contribution >= 0.6 is 0 Å². The molecule has 0 aliphatic carbocycles. The number of hydrogen-bond donors (Lipinski definition) is 0. The topological polar surface area (TPSA) is 49.9 Å². The number of benzene rings is 2. The number of hydrogen-bond acceptors (Lipinski definition) is 4. The molecule has 162 valence electrons. The summed E-state index contributed by atoms with van der Waals surface area (Å²) in [7, 11) is -1.83. The maximum atomic E-state index is 12.9. The first-order valence-corrected chi connectivity index (χ1v) is 12.4. The lowest BCUT2D eigenvalue weighted by atomic mass is 10.0. The van der Waals surface area contributed by atoms with E-state index in [1.165, 1.54) is 29.3 Å². The minimum absolute atomic E-state index is 0.00811. The minimum Gasteiger partial charge on any atom is -0.380 e. The van der Waals surface area contributed by atoms with E-state index in [2.05, 4.69) is 36.1 Å². The number of rotatable bonds is 7. The van der Waals surface area contributed by atoms with E-state index in [1.54, 1.807) is 19.2 Å². The monoisotopic (exact) mass is 428 g/mol. The normalized spacial score (nSPS) is 23.3. The van der Waals surface area contributed by atoms with Crippen molar-refractivity contribution in [3.8, 4) is 11.1 Å². The summed E-state index contributed by atoms with van der Waals surface area (Å²) >= 11 is 0. The highest BCUT2D eigenvalue weighted by Gasteiger charge is 2.32. The number of ether oxygens (including phenoxy) is 1. The van der Waals surface area contributed by atoms with Crippen LogP contribution in [0.15, 0.2) is 53.4 Å². The molecule has 6 heteroatoms. The van der Waals surface area contributed by atoms with Crippen molar-refractivity contribution in [1.82, 2.24) is 9.21 Å². The van der Waals surface area contributed by atoms with E-state index in [0.717, 1.165) is 30.5 Å². The first kappa shape index (κ1) is 21.5. The van der Waals surface area contributed by atoms with Crippen molar-refractivity contribution in [1.29, 1.82) is 0 Å².